The van der Waals surface area contributed by atoms with E-state index in [1.54, 1.807) is 7.11 Å². The average Bonchev–Trinajstić information content (AvgIpc) is 2.29. The Morgan fingerprint density at radius 2 is 2.00 bits per heavy atom. The summed E-state index contributed by atoms with van der Waals surface area (Å²) in [5, 5.41) is 4.15. The molecule has 0 aliphatic heterocycles. The quantitative estimate of drug-likeness (QED) is 0.793. The Balaban J connectivity index is 2.49. The maximum Gasteiger partial charge on any atom is 0.0505 e. The van der Waals surface area contributed by atoms with Crippen LogP contribution >= 0.6 is 11.6 Å². The first-order chi connectivity index (χ1) is 7.76. The van der Waals surface area contributed by atoms with Crippen molar-refractivity contribution in [3.63, 3.8) is 0 Å². The maximum absolute atomic E-state index is 5.86. The van der Waals surface area contributed by atoms with Crippen LogP contribution in [-0.2, 0) is 11.2 Å². The number of benzene rings is 1. The van der Waals surface area contributed by atoms with Crippen LogP contribution in [0.1, 0.15) is 12.5 Å². The Bertz CT molecular complexity index is 286. The summed E-state index contributed by atoms with van der Waals surface area (Å²) in [7, 11) is 1.75. The van der Waals surface area contributed by atoms with Crippen molar-refractivity contribution < 1.29 is 4.74 Å². The first-order valence-corrected chi connectivity index (χ1v) is 6.08. The van der Waals surface area contributed by atoms with Crippen molar-refractivity contribution in [1.29, 1.82) is 0 Å². The lowest BCUT2D eigenvalue weighted by Gasteiger charge is -2.16. The highest BCUT2D eigenvalue weighted by Gasteiger charge is 2.08. The number of halogens is 1. The second-order valence-electron chi connectivity index (χ2n) is 3.96. The minimum atomic E-state index is 0.520. The van der Waals surface area contributed by atoms with E-state index in [0.29, 0.717) is 5.92 Å². The van der Waals surface area contributed by atoms with Gasteiger partial charge in [-0.05, 0) is 36.6 Å². The number of hydrogen-bond donors (Lipinski definition) is 1. The molecule has 1 atom stereocenters. The third kappa shape index (κ3) is 4.97. The van der Waals surface area contributed by atoms with Gasteiger partial charge in [-0.3, -0.25) is 0 Å². The number of ether oxygens (including phenoxy) is 1. The predicted molar refractivity (Wildman–Crippen MR) is 69.1 cm³/mol. The lowest BCUT2D eigenvalue weighted by molar-refractivity contribution is 0.151. The first-order valence-electron chi connectivity index (χ1n) is 5.70. The van der Waals surface area contributed by atoms with E-state index in [9.17, 15) is 0 Å². The molecular formula is C13H20ClNO. The van der Waals surface area contributed by atoms with Crippen LogP contribution in [-0.4, -0.2) is 26.8 Å². The molecule has 0 aliphatic carbocycles. The largest absolute Gasteiger partial charge is 0.384 e. The van der Waals surface area contributed by atoms with E-state index in [1.165, 1.54) is 5.56 Å². The Morgan fingerprint density at radius 3 is 2.56 bits per heavy atom. The predicted octanol–water partition coefficient (Wildman–Crippen LogP) is 2.75. The van der Waals surface area contributed by atoms with E-state index in [-0.39, 0.29) is 0 Å². The molecule has 0 saturated carbocycles. The first kappa shape index (κ1) is 13.5. The van der Waals surface area contributed by atoms with Gasteiger partial charge >= 0.3 is 0 Å². The van der Waals surface area contributed by atoms with Crippen LogP contribution in [0.2, 0.25) is 5.02 Å². The molecule has 0 fully saturated rings. The van der Waals surface area contributed by atoms with Gasteiger partial charge in [-0.15, -0.1) is 0 Å². The smallest absolute Gasteiger partial charge is 0.0505 e. The van der Waals surface area contributed by atoms with E-state index in [4.69, 9.17) is 16.3 Å². The summed E-state index contributed by atoms with van der Waals surface area (Å²) in [6.45, 7) is 4.90. The van der Waals surface area contributed by atoms with Gasteiger partial charge in [-0.25, -0.2) is 0 Å². The molecule has 0 saturated heterocycles. The highest BCUT2D eigenvalue weighted by Crippen LogP contribution is 2.13. The van der Waals surface area contributed by atoms with Gasteiger partial charge in [-0.2, -0.15) is 0 Å². The minimum absolute atomic E-state index is 0.520. The van der Waals surface area contributed by atoms with E-state index >= 15 is 0 Å². The Hall–Kier alpha value is -0.570. The van der Waals surface area contributed by atoms with Gasteiger partial charge in [0, 0.05) is 18.7 Å². The third-order valence-electron chi connectivity index (χ3n) is 2.52. The summed E-state index contributed by atoms with van der Waals surface area (Å²) < 4.78 is 5.23. The van der Waals surface area contributed by atoms with Crippen molar-refractivity contribution in [3.8, 4) is 0 Å². The van der Waals surface area contributed by atoms with Crippen molar-refractivity contribution in [2.75, 3.05) is 26.8 Å². The molecule has 1 aromatic rings. The molecule has 1 N–H and O–H groups in total. The molecule has 3 heteroatoms. The zero-order chi connectivity index (χ0) is 11.8. The second-order valence-corrected chi connectivity index (χ2v) is 4.40. The second kappa shape index (κ2) is 7.66. The average molecular weight is 242 g/mol. The molecule has 0 spiro atoms. The highest BCUT2D eigenvalue weighted by atomic mass is 35.5. The SMILES string of the molecule is CCNCC(COC)Cc1ccc(Cl)cc1. The van der Waals surface area contributed by atoms with Crippen molar-refractivity contribution in [1.82, 2.24) is 5.32 Å². The Kier molecular flexibility index (Phi) is 6.46. The van der Waals surface area contributed by atoms with E-state index in [0.717, 1.165) is 31.1 Å². The van der Waals surface area contributed by atoms with Gasteiger partial charge < -0.3 is 10.1 Å². The molecule has 16 heavy (non-hydrogen) atoms. The minimum Gasteiger partial charge on any atom is -0.384 e. The zero-order valence-electron chi connectivity index (χ0n) is 10.0. The van der Waals surface area contributed by atoms with Crippen LogP contribution in [0.4, 0.5) is 0 Å². The fourth-order valence-corrected chi connectivity index (χ4v) is 1.85. The maximum atomic E-state index is 5.86. The van der Waals surface area contributed by atoms with Crippen molar-refractivity contribution in [2.24, 2.45) is 5.92 Å². The van der Waals surface area contributed by atoms with Crippen molar-refractivity contribution >= 4 is 11.6 Å². The van der Waals surface area contributed by atoms with Crippen LogP contribution in [0.3, 0.4) is 0 Å². The highest BCUT2D eigenvalue weighted by molar-refractivity contribution is 6.30. The Labute approximate surface area is 103 Å². The van der Waals surface area contributed by atoms with E-state index in [2.05, 4.69) is 24.4 Å². The molecule has 0 amide bonds. The topological polar surface area (TPSA) is 21.3 Å². The molecule has 0 radical (unpaired) electrons. The lowest BCUT2D eigenvalue weighted by Crippen LogP contribution is -2.27. The van der Waals surface area contributed by atoms with Crippen LogP contribution in [0.25, 0.3) is 0 Å². The van der Waals surface area contributed by atoms with Crippen molar-refractivity contribution in [2.45, 2.75) is 13.3 Å². The summed E-state index contributed by atoms with van der Waals surface area (Å²) in [4.78, 5) is 0. The van der Waals surface area contributed by atoms with E-state index in [1.807, 2.05) is 12.1 Å². The van der Waals surface area contributed by atoms with Gasteiger partial charge in [0.2, 0.25) is 0 Å². The third-order valence-corrected chi connectivity index (χ3v) is 2.77. The Morgan fingerprint density at radius 1 is 1.31 bits per heavy atom. The number of hydrogen-bond acceptors (Lipinski definition) is 2. The zero-order valence-corrected chi connectivity index (χ0v) is 10.8. The molecule has 0 bridgehead atoms. The number of rotatable bonds is 7. The molecule has 90 valence electrons. The van der Waals surface area contributed by atoms with E-state index < -0.39 is 0 Å². The molecular weight excluding hydrogens is 222 g/mol. The molecule has 0 aliphatic rings. The normalized spacial score (nSPS) is 12.7. The van der Waals surface area contributed by atoms with Gasteiger partial charge in [0.05, 0.1) is 6.61 Å². The monoisotopic (exact) mass is 241 g/mol. The van der Waals surface area contributed by atoms with Gasteiger partial charge in [0.25, 0.3) is 0 Å². The fraction of sp³-hybridized carbons (Fsp3) is 0.538. The van der Waals surface area contributed by atoms with Gasteiger partial charge in [-0.1, -0.05) is 30.7 Å². The summed E-state index contributed by atoms with van der Waals surface area (Å²) >= 11 is 5.86. The van der Waals surface area contributed by atoms with Crippen molar-refractivity contribution in [3.05, 3.63) is 34.9 Å². The van der Waals surface area contributed by atoms with Crippen LogP contribution in [0.5, 0.6) is 0 Å². The number of nitrogens with one attached hydrogen (secondary N) is 1. The molecule has 1 rings (SSSR count). The molecule has 0 aromatic heterocycles. The molecule has 2 nitrogen and oxygen atoms in total. The fourth-order valence-electron chi connectivity index (χ4n) is 1.73. The van der Waals surface area contributed by atoms with Gasteiger partial charge in [0.15, 0.2) is 0 Å². The van der Waals surface area contributed by atoms with Crippen LogP contribution in [0, 0.1) is 5.92 Å². The summed E-state index contributed by atoms with van der Waals surface area (Å²) in [6, 6.07) is 8.04. The summed E-state index contributed by atoms with van der Waals surface area (Å²) in [6.07, 6.45) is 1.03. The molecule has 1 unspecified atom stereocenters. The van der Waals surface area contributed by atoms with Crippen LogP contribution in [0.15, 0.2) is 24.3 Å². The number of methoxy groups -OCH3 is 1. The molecule has 1 aromatic carbocycles. The van der Waals surface area contributed by atoms with Gasteiger partial charge in [0.1, 0.15) is 0 Å². The standard InChI is InChI=1S/C13H20ClNO/c1-3-15-9-12(10-16-2)8-11-4-6-13(14)7-5-11/h4-7,12,15H,3,8-10H2,1-2H3. The summed E-state index contributed by atoms with van der Waals surface area (Å²) in [5.41, 5.74) is 1.31. The summed E-state index contributed by atoms with van der Waals surface area (Å²) in [5.74, 6) is 0.520. The molecule has 0 heterocycles. The lowest BCUT2D eigenvalue weighted by atomic mass is 10.00. The van der Waals surface area contributed by atoms with Crippen LogP contribution < -0.4 is 5.32 Å².